The van der Waals surface area contributed by atoms with Gasteiger partial charge in [0, 0.05) is 21.2 Å². The van der Waals surface area contributed by atoms with E-state index in [0.717, 1.165) is 0 Å². The molecule has 0 unspecified atom stereocenters. The van der Waals surface area contributed by atoms with E-state index >= 15 is 0 Å². The van der Waals surface area contributed by atoms with Crippen LogP contribution in [0.15, 0.2) is 27.1 Å². The molecule has 3 amide bonds. The van der Waals surface area contributed by atoms with Gasteiger partial charge >= 0.3 is 6.03 Å². The molecule has 0 aliphatic carbocycles. The minimum Gasteiger partial charge on any atom is -0.305 e. The van der Waals surface area contributed by atoms with Crippen LogP contribution in [0.25, 0.3) is 0 Å². The van der Waals surface area contributed by atoms with Gasteiger partial charge < -0.3 is 5.32 Å². The van der Waals surface area contributed by atoms with Crippen molar-refractivity contribution in [3.63, 3.8) is 0 Å². The molecule has 92 valence electrons. The van der Waals surface area contributed by atoms with E-state index in [0.29, 0.717) is 14.6 Å². The van der Waals surface area contributed by atoms with Gasteiger partial charge in [0.1, 0.15) is 0 Å². The molecule has 0 saturated carbocycles. The Morgan fingerprint density at radius 3 is 2.35 bits per heavy atom. The van der Waals surface area contributed by atoms with Gasteiger partial charge in [0.15, 0.2) is 0 Å². The molecule has 0 aliphatic rings. The Kier molecular flexibility index (Phi) is 5.94. The van der Waals surface area contributed by atoms with Gasteiger partial charge in [-0.15, -0.1) is 11.6 Å². The van der Waals surface area contributed by atoms with Gasteiger partial charge in [-0.2, -0.15) is 0 Å². The fourth-order valence-electron chi connectivity index (χ4n) is 1.04. The van der Waals surface area contributed by atoms with Crippen molar-refractivity contribution in [2.24, 2.45) is 0 Å². The minimum absolute atomic E-state index is 0.103. The first-order valence-corrected chi connectivity index (χ1v) is 6.77. The number of alkyl halides is 1. The molecule has 1 aromatic rings. The van der Waals surface area contributed by atoms with E-state index in [-0.39, 0.29) is 12.3 Å². The van der Waals surface area contributed by atoms with Gasteiger partial charge in [0.05, 0.1) is 5.69 Å². The average molecular weight is 384 g/mol. The van der Waals surface area contributed by atoms with E-state index in [1.165, 1.54) is 0 Å². The highest BCUT2D eigenvalue weighted by atomic mass is 79.9. The zero-order valence-corrected chi connectivity index (χ0v) is 12.5. The standard InChI is InChI=1S/C10H9Br2ClN2O2/c11-6-2-1-3-7(12)9(6)15-10(17)14-8(16)4-5-13/h1-3H,4-5H2,(H2,14,15,16,17). The van der Waals surface area contributed by atoms with Crippen molar-refractivity contribution in [2.75, 3.05) is 11.2 Å². The second-order valence-electron chi connectivity index (χ2n) is 3.04. The van der Waals surface area contributed by atoms with Gasteiger partial charge in [-0.25, -0.2) is 4.79 Å². The van der Waals surface area contributed by atoms with Crippen molar-refractivity contribution >= 4 is 61.1 Å². The molecule has 1 aromatic carbocycles. The minimum atomic E-state index is -0.590. The topological polar surface area (TPSA) is 58.2 Å². The summed E-state index contributed by atoms with van der Waals surface area (Å²) in [6, 6.07) is 4.78. The molecule has 0 bridgehead atoms. The molecule has 7 heteroatoms. The van der Waals surface area contributed by atoms with Gasteiger partial charge in [-0.05, 0) is 44.0 Å². The number of urea groups is 1. The molecule has 0 radical (unpaired) electrons. The molecule has 0 heterocycles. The number of hydrogen-bond donors (Lipinski definition) is 2. The third-order valence-electron chi connectivity index (χ3n) is 1.78. The van der Waals surface area contributed by atoms with E-state index in [4.69, 9.17) is 11.6 Å². The van der Waals surface area contributed by atoms with Crippen LogP contribution in [-0.4, -0.2) is 17.8 Å². The maximum Gasteiger partial charge on any atom is 0.325 e. The molecular weight excluding hydrogens is 375 g/mol. The van der Waals surface area contributed by atoms with Crippen LogP contribution in [0.2, 0.25) is 0 Å². The Balaban J connectivity index is 2.65. The maximum atomic E-state index is 11.5. The maximum absolute atomic E-state index is 11.5. The largest absolute Gasteiger partial charge is 0.325 e. The monoisotopic (exact) mass is 382 g/mol. The zero-order valence-electron chi connectivity index (χ0n) is 8.60. The Labute approximate surface area is 120 Å². The summed E-state index contributed by atoms with van der Waals surface area (Å²) in [6.07, 6.45) is 0.103. The van der Waals surface area contributed by atoms with Gasteiger partial charge in [0.25, 0.3) is 0 Å². The quantitative estimate of drug-likeness (QED) is 0.784. The zero-order chi connectivity index (χ0) is 12.8. The summed E-state index contributed by atoms with van der Waals surface area (Å²) >= 11 is 12.0. The van der Waals surface area contributed by atoms with Crippen molar-refractivity contribution in [1.82, 2.24) is 5.32 Å². The van der Waals surface area contributed by atoms with Crippen LogP contribution in [-0.2, 0) is 4.79 Å². The Morgan fingerprint density at radius 1 is 1.24 bits per heavy atom. The van der Waals surface area contributed by atoms with Crippen molar-refractivity contribution < 1.29 is 9.59 Å². The van der Waals surface area contributed by atoms with Gasteiger partial charge in [-0.3, -0.25) is 10.1 Å². The first-order valence-electron chi connectivity index (χ1n) is 4.65. The summed E-state index contributed by atoms with van der Waals surface area (Å²) in [7, 11) is 0. The second-order valence-corrected chi connectivity index (χ2v) is 5.12. The number of benzene rings is 1. The van der Waals surface area contributed by atoms with Crippen LogP contribution in [0.3, 0.4) is 0 Å². The molecule has 0 atom stereocenters. The molecule has 2 N–H and O–H groups in total. The molecule has 0 spiro atoms. The molecule has 0 fully saturated rings. The SMILES string of the molecule is O=C(CCCl)NC(=O)Nc1c(Br)cccc1Br. The summed E-state index contributed by atoms with van der Waals surface area (Å²) in [6.45, 7) is 0. The fourth-order valence-corrected chi connectivity index (χ4v) is 2.41. The molecular formula is C10H9Br2ClN2O2. The predicted octanol–water partition coefficient (Wildman–Crippen LogP) is 3.49. The van der Waals surface area contributed by atoms with Crippen molar-refractivity contribution in [3.05, 3.63) is 27.1 Å². The summed E-state index contributed by atoms with van der Waals surface area (Å²) in [5, 5.41) is 4.73. The van der Waals surface area contributed by atoms with Crippen molar-refractivity contribution in [2.45, 2.75) is 6.42 Å². The number of hydrogen-bond acceptors (Lipinski definition) is 2. The lowest BCUT2D eigenvalue weighted by Gasteiger charge is -2.09. The number of carbonyl (C=O) groups is 2. The number of para-hydroxylation sites is 1. The highest BCUT2D eigenvalue weighted by Crippen LogP contribution is 2.30. The van der Waals surface area contributed by atoms with Crippen molar-refractivity contribution in [1.29, 1.82) is 0 Å². The normalized spacial score (nSPS) is 9.82. The van der Waals surface area contributed by atoms with Crippen LogP contribution in [0.4, 0.5) is 10.5 Å². The smallest absolute Gasteiger partial charge is 0.305 e. The van der Waals surface area contributed by atoms with E-state index in [9.17, 15) is 9.59 Å². The molecule has 0 aromatic heterocycles. The summed E-state index contributed by atoms with van der Waals surface area (Å²) < 4.78 is 1.43. The molecule has 0 saturated heterocycles. The Morgan fingerprint density at radius 2 is 1.82 bits per heavy atom. The number of nitrogens with one attached hydrogen (secondary N) is 2. The summed E-state index contributed by atoms with van der Waals surface area (Å²) in [4.78, 5) is 22.6. The van der Waals surface area contributed by atoms with E-state index in [2.05, 4.69) is 42.5 Å². The predicted molar refractivity (Wildman–Crippen MR) is 74.3 cm³/mol. The Hall–Kier alpha value is -0.590. The fraction of sp³-hybridized carbons (Fsp3) is 0.200. The van der Waals surface area contributed by atoms with Crippen LogP contribution >= 0.6 is 43.5 Å². The second kappa shape index (κ2) is 6.98. The van der Waals surface area contributed by atoms with E-state index in [1.54, 1.807) is 12.1 Å². The highest BCUT2D eigenvalue weighted by molar-refractivity contribution is 9.11. The Bertz CT molecular complexity index is 420. The summed E-state index contributed by atoms with van der Waals surface area (Å²) in [5.74, 6) is -0.238. The first-order chi connectivity index (χ1) is 8.04. The lowest BCUT2D eigenvalue weighted by atomic mass is 10.3. The average Bonchev–Trinajstić information content (AvgIpc) is 2.24. The van der Waals surface area contributed by atoms with Gasteiger partial charge in [-0.1, -0.05) is 6.07 Å². The van der Waals surface area contributed by atoms with Gasteiger partial charge in [0.2, 0.25) is 5.91 Å². The lowest BCUT2D eigenvalue weighted by Crippen LogP contribution is -2.34. The number of anilines is 1. The molecule has 4 nitrogen and oxygen atoms in total. The van der Waals surface area contributed by atoms with Crippen LogP contribution < -0.4 is 10.6 Å². The molecule has 1 rings (SSSR count). The van der Waals surface area contributed by atoms with Crippen molar-refractivity contribution in [3.8, 4) is 0 Å². The van der Waals surface area contributed by atoms with E-state index in [1.807, 2.05) is 6.07 Å². The summed E-state index contributed by atoms with van der Waals surface area (Å²) in [5.41, 5.74) is 0.559. The highest BCUT2D eigenvalue weighted by Gasteiger charge is 2.11. The van der Waals surface area contributed by atoms with Crippen LogP contribution in [0.1, 0.15) is 6.42 Å². The number of rotatable bonds is 3. The number of amides is 3. The molecule has 17 heavy (non-hydrogen) atoms. The number of carbonyl (C=O) groups excluding carboxylic acids is 2. The first kappa shape index (κ1) is 14.5. The van der Waals surface area contributed by atoms with E-state index < -0.39 is 11.9 Å². The lowest BCUT2D eigenvalue weighted by molar-refractivity contribution is -0.119. The number of imide groups is 1. The third-order valence-corrected chi connectivity index (χ3v) is 3.29. The number of halogens is 3. The van der Waals surface area contributed by atoms with Crippen LogP contribution in [0.5, 0.6) is 0 Å². The van der Waals surface area contributed by atoms with Crippen LogP contribution in [0, 0.1) is 0 Å². The third kappa shape index (κ3) is 4.65. The molecule has 0 aliphatic heterocycles.